The van der Waals surface area contributed by atoms with Crippen LogP contribution in [0, 0.1) is 0 Å². The predicted molar refractivity (Wildman–Crippen MR) is 218 cm³/mol. The predicted octanol–water partition coefficient (Wildman–Crippen LogP) is 11.0. The van der Waals surface area contributed by atoms with Crippen molar-refractivity contribution >= 4 is 80.0 Å². The van der Waals surface area contributed by atoms with Gasteiger partial charge in [-0.05, 0) is 69.4 Å². The number of nitrogens with zero attached hydrogens (tertiary/aromatic N) is 2. The van der Waals surface area contributed by atoms with Gasteiger partial charge in [-0.15, -0.1) is 23.5 Å². The first kappa shape index (κ1) is 44.0. The zero-order chi connectivity index (χ0) is 41.9. The SMILES string of the molecule is CCSc1cc2ccccc2cc1C(=O)Nc1cc(C(F)(F)F)cnc1NC.CCSc1cc2ccccc2cc1C(=O)O.CNc1ncc(C(F)(F)F)cc1N. The molecule has 300 valence electrons. The molecule has 17 heteroatoms. The molecule has 0 aliphatic carbocycles. The zero-order valence-electron chi connectivity index (χ0n) is 31.0. The number of alkyl halides is 6. The molecule has 9 nitrogen and oxygen atoms in total. The van der Waals surface area contributed by atoms with Crippen LogP contribution in [0.25, 0.3) is 21.5 Å². The molecule has 2 heterocycles. The molecule has 0 aliphatic heterocycles. The van der Waals surface area contributed by atoms with E-state index in [9.17, 15) is 35.9 Å². The number of aromatic nitrogens is 2. The van der Waals surface area contributed by atoms with Crippen molar-refractivity contribution in [2.45, 2.75) is 36.0 Å². The fraction of sp³-hybridized carbons (Fsp3) is 0.200. The Morgan fingerprint density at radius 3 is 1.51 bits per heavy atom. The lowest BCUT2D eigenvalue weighted by Crippen LogP contribution is -2.16. The van der Waals surface area contributed by atoms with Gasteiger partial charge in [-0.1, -0.05) is 62.4 Å². The van der Waals surface area contributed by atoms with E-state index in [1.807, 2.05) is 74.5 Å². The molecule has 6 N–H and O–H groups in total. The highest BCUT2D eigenvalue weighted by atomic mass is 32.2. The van der Waals surface area contributed by atoms with Crippen molar-refractivity contribution < 1.29 is 41.0 Å². The third-order valence-corrected chi connectivity index (χ3v) is 9.83. The third-order valence-electron chi connectivity index (χ3n) is 7.95. The van der Waals surface area contributed by atoms with Gasteiger partial charge in [0.15, 0.2) is 0 Å². The molecule has 0 saturated heterocycles. The van der Waals surface area contributed by atoms with Crippen LogP contribution in [0.2, 0.25) is 0 Å². The Balaban J connectivity index is 0.000000209. The number of aromatic carboxylic acids is 1. The minimum absolute atomic E-state index is 0.0164. The number of nitrogen functional groups attached to an aromatic ring is 1. The molecule has 6 rings (SSSR count). The smallest absolute Gasteiger partial charge is 0.417 e. The number of hydrogen-bond donors (Lipinski definition) is 5. The average Bonchev–Trinajstić information content (AvgIpc) is 3.17. The third kappa shape index (κ3) is 11.7. The van der Waals surface area contributed by atoms with Crippen molar-refractivity contribution in [3.63, 3.8) is 0 Å². The van der Waals surface area contributed by atoms with Gasteiger partial charge in [0.1, 0.15) is 11.6 Å². The van der Waals surface area contributed by atoms with Crippen LogP contribution in [-0.2, 0) is 12.4 Å². The molecule has 0 saturated carbocycles. The van der Waals surface area contributed by atoms with Crippen molar-refractivity contribution in [3.8, 4) is 0 Å². The largest absolute Gasteiger partial charge is 0.478 e. The number of carboxylic acids is 1. The van der Waals surface area contributed by atoms with Crippen molar-refractivity contribution in [2.24, 2.45) is 0 Å². The lowest BCUT2D eigenvalue weighted by molar-refractivity contribution is -0.138. The van der Waals surface area contributed by atoms with Gasteiger partial charge in [0, 0.05) is 36.3 Å². The second kappa shape index (κ2) is 19.5. The Kier molecular flexibility index (Phi) is 15.0. The van der Waals surface area contributed by atoms with Gasteiger partial charge in [-0.3, -0.25) is 4.79 Å². The number of rotatable bonds is 9. The quantitative estimate of drug-likeness (QED) is 0.0706. The summed E-state index contributed by atoms with van der Waals surface area (Å²) in [5.41, 5.74) is 4.29. The fourth-order valence-corrected chi connectivity index (χ4v) is 6.93. The molecule has 0 radical (unpaired) electrons. The number of carboxylic acid groups (broad SMARTS) is 1. The number of carbonyl (C=O) groups is 2. The number of benzene rings is 4. The summed E-state index contributed by atoms with van der Waals surface area (Å²) in [5, 5.41) is 20.9. The van der Waals surface area contributed by atoms with Crippen LogP contribution in [0.15, 0.2) is 107 Å². The van der Waals surface area contributed by atoms with E-state index in [0.29, 0.717) is 11.1 Å². The number of thioether (sulfide) groups is 2. The van der Waals surface area contributed by atoms with E-state index in [1.54, 1.807) is 23.9 Å². The monoisotopic (exact) mass is 828 g/mol. The molecule has 0 bridgehead atoms. The molecule has 4 aromatic carbocycles. The molecule has 0 unspecified atom stereocenters. The van der Waals surface area contributed by atoms with Gasteiger partial charge in [0.25, 0.3) is 5.91 Å². The van der Waals surface area contributed by atoms with Crippen molar-refractivity contribution in [1.29, 1.82) is 0 Å². The Labute approximate surface area is 332 Å². The van der Waals surface area contributed by atoms with Gasteiger partial charge in [-0.2, -0.15) is 26.3 Å². The molecule has 0 fully saturated rings. The summed E-state index contributed by atoms with van der Waals surface area (Å²) in [7, 11) is 3.06. The highest BCUT2D eigenvalue weighted by molar-refractivity contribution is 7.99. The van der Waals surface area contributed by atoms with Gasteiger partial charge in [0.2, 0.25) is 0 Å². The summed E-state index contributed by atoms with van der Waals surface area (Å²) in [6.45, 7) is 3.99. The second-order valence-electron chi connectivity index (χ2n) is 11.8. The Hall–Kier alpha value is -5.68. The van der Waals surface area contributed by atoms with Crippen molar-refractivity contribution in [3.05, 3.63) is 120 Å². The normalized spacial score (nSPS) is 11.2. The second-order valence-corrected chi connectivity index (χ2v) is 14.4. The lowest BCUT2D eigenvalue weighted by atomic mass is 10.1. The first-order valence-electron chi connectivity index (χ1n) is 17.1. The minimum atomic E-state index is -4.55. The standard InChI is InChI=1S/C20H18F3N3OS.C13H12O2S.C7H8F3N3/c1-3-28-17-9-13-7-5-4-6-12(13)8-15(17)19(27)26-16-10-14(20(21,22)23)11-25-18(16)24-2;1-2-16-12-8-10-6-4-3-5-9(10)7-11(12)13(14)15;1-12-6-5(11)2-4(3-13-6)7(8,9)10/h4-11H,3H2,1-2H3,(H,24,25)(H,26,27);3-8H,2H2,1H3,(H,14,15);2-3H,11H2,1H3,(H,12,13). The highest BCUT2D eigenvalue weighted by Crippen LogP contribution is 2.35. The van der Waals surface area contributed by atoms with E-state index in [0.717, 1.165) is 67.4 Å². The minimum Gasteiger partial charge on any atom is -0.478 e. The summed E-state index contributed by atoms with van der Waals surface area (Å²) in [4.78, 5) is 32.9. The topological polar surface area (TPSA) is 142 Å². The van der Waals surface area contributed by atoms with Gasteiger partial charge in [-0.25, -0.2) is 14.8 Å². The van der Waals surface area contributed by atoms with Crippen LogP contribution in [-0.4, -0.2) is 52.6 Å². The maximum atomic E-state index is 13.0. The number of hydrogen-bond acceptors (Lipinski definition) is 9. The van der Waals surface area contributed by atoms with E-state index in [1.165, 1.54) is 25.9 Å². The molecule has 0 aliphatic rings. The van der Waals surface area contributed by atoms with E-state index < -0.39 is 35.4 Å². The summed E-state index contributed by atoms with van der Waals surface area (Å²) in [6.07, 6.45) is -7.48. The number of carbonyl (C=O) groups excluding carboxylic acids is 1. The molecular formula is C40H38F6N6O3S2. The van der Waals surface area contributed by atoms with E-state index in [-0.39, 0.29) is 23.0 Å². The molecule has 1 amide bonds. The summed E-state index contributed by atoms with van der Waals surface area (Å²) < 4.78 is 75.3. The average molecular weight is 829 g/mol. The number of pyridine rings is 2. The highest BCUT2D eigenvalue weighted by Gasteiger charge is 2.32. The first-order valence-corrected chi connectivity index (χ1v) is 19.1. The number of nitrogens with one attached hydrogen (secondary N) is 3. The van der Waals surface area contributed by atoms with Crippen LogP contribution in [0.5, 0.6) is 0 Å². The number of nitrogens with two attached hydrogens (primary N) is 1. The van der Waals surface area contributed by atoms with Crippen molar-refractivity contribution in [1.82, 2.24) is 9.97 Å². The van der Waals surface area contributed by atoms with Crippen LogP contribution >= 0.6 is 23.5 Å². The van der Waals surface area contributed by atoms with E-state index >= 15 is 0 Å². The summed E-state index contributed by atoms with van der Waals surface area (Å²) in [6, 6.07) is 24.5. The van der Waals surface area contributed by atoms with E-state index in [4.69, 9.17) is 10.8 Å². The molecule has 6 aromatic rings. The first-order chi connectivity index (χ1) is 27.0. The molecule has 0 atom stereocenters. The number of anilines is 4. The van der Waals surface area contributed by atoms with Crippen LogP contribution in [0.1, 0.15) is 45.7 Å². The van der Waals surface area contributed by atoms with Crippen LogP contribution < -0.4 is 21.7 Å². The molecule has 57 heavy (non-hydrogen) atoms. The van der Waals surface area contributed by atoms with Crippen molar-refractivity contribution in [2.75, 3.05) is 47.3 Å². The lowest BCUT2D eigenvalue weighted by Gasteiger charge is -2.15. The molecule has 0 spiro atoms. The number of fused-ring (bicyclic) bond motifs is 2. The zero-order valence-corrected chi connectivity index (χ0v) is 32.6. The number of halogens is 6. The Morgan fingerprint density at radius 2 is 1.09 bits per heavy atom. The van der Waals surface area contributed by atoms with Crippen LogP contribution in [0.3, 0.4) is 0 Å². The maximum Gasteiger partial charge on any atom is 0.417 e. The summed E-state index contributed by atoms with van der Waals surface area (Å²) in [5.74, 6) is 0.685. The Morgan fingerprint density at radius 1 is 0.667 bits per heavy atom. The fourth-order valence-electron chi connectivity index (χ4n) is 5.28. The van der Waals surface area contributed by atoms with E-state index in [2.05, 4.69) is 25.9 Å². The van der Waals surface area contributed by atoms with Gasteiger partial charge < -0.3 is 26.8 Å². The molecule has 2 aromatic heterocycles. The summed E-state index contributed by atoms with van der Waals surface area (Å²) >= 11 is 3.07. The van der Waals surface area contributed by atoms with Gasteiger partial charge >= 0.3 is 18.3 Å². The molecular weight excluding hydrogens is 791 g/mol. The van der Waals surface area contributed by atoms with Crippen LogP contribution in [0.4, 0.5) is 49.4 Å². The number of amides is 1. The van der Waals surface area contributed by atoms with Gasteiger partial charge in [0.05, 0.1) is 33.6 Å². The Bertz CT molecular complexity index is 2360. The maximum absolute atomic E-state index is 13.0.